The number of ether oxygens (including phenoxy) is 1. The van der Waals surface area contributed by atoms with E-state index in [0.717, 1.165) is 23.2 Å². The van der Waals surface area contributed by atoms with Crippen LogP contribution in [0.25, 0.3) is 0 Å². The Kier molecular flexibility index (Phi) is 4.68. The summed E-state index contributed by atoms with van der Waals surface area (Å²) in [6.07, 6.45) is 5.40. The number of hydrogen-bond donors (Lipinski definition) is 1. The molecular weight excluding hydrogens is 369 g/mol. The molecule has 0 saturated heterocycles. The first-order valence-electron chi connectivity index (χ1n) is 8.77. The standard InChI is InChI=1S/C21H19Cl2NO2/c1-2-26-21(25)12-6-9-19-17(10-12)14-4-3-5-15(14)20(24-19)16-8-7-13(22)11-18(16)23/h3-4,6-11,14-15,20,24H,2,5H2,1H3. The number of allylic oxidation sites excluding steroid dienone is 2. The summed E-state index contributed by atoms with van der Waals surface area (Å²) >= 11 is 12.5. The van der Waals surface area contributed by atoms with Crippen LogP contribution in [0.5, 0.6) is 0 Å². The number of halogens is 2. The summed E-state index contributed by atoms with van der Waals surface area (Å²) in [5, 5.41) is 4.93. The number of anilines is 1. The van der Waals surface area contributed by atoms with Gasteiger partial charge in [0.15, 0.2) is 0 Å². The second-order valence-electron chi connectivity index (χ2n) is 6.66. The number of esters is 1. The number of hydrogen-bond acceptors (Lipinski definition) is 3. The summed E-state index contributed by atoms with van der Waals surface area (Å²) < 4.78 is 5.14. The van der Waals surface area contributed by atoms with Crippen LogP contribution in [-0.2, 0) is 4.74 Å². The molecule has 0 amide bonds. The molecule has 134 valence electrons. The Hall–Kier alpha value is -1.97. The van der Waals surface area contributed by atoms with Crippen LogP contribution in [0.1, 0.15) is 46.8 Å². The Labute approximate surface area is 163 Å². The van der Waals surface area contributed by atoms with E-state index < -0.39 is 0 Å². The molecule has 1 aliphatic heterocycles. The molecule has 3 unspecified atom stereocenters. The first-order valence-corrected chi connectivity index (χ1v) is 9.53. The van der Waals surface area contributed by atoms with Crippen molar-refractivity contribution < 1.29 is 9.53 Å². The molecule has 0 radical (unpaired) electrons. The quantitative estimate of drug-likeness (QED) is 0.518. The van der Waals surface area contributed by atoms with E-state index in [9.17, 15) is 4.79 Å². The number of fused-ring (bicyclic) bond motifs is 3. The van der Waals surface area contributed by atoms with Crippen molar-refractivity contribution in [2.75, 3.05) is 11.9 Å². The predicted octanol–water partition coefficient (Wildman–Crippen LogP) is 6.00. The lowest BCUT2D eigenvalue weighted by atomic mass is 9.76. The van der Waals surface area contributed by atoms with Gasteiger partial charge in [0.25, 0.3) is 0 Å². The van der Waals surface area contributed by atoms with Crippen molar-refractivity contribution in [3.63, 3.8) is 0 Å². The van der Waals surface area contributed by atoms with Crippen LogP contribution >= 0.6 is 23.2 Å². The molecule has 2 aromatic rings. The number of carbonyl (C=O) groups excluding carboxylic acids is 1. The maximum Gasteiger partial charge on any atom is 0.338 e. The van der Waals surface area contributed by atoms with Crippen LogP contribution < -0.4 is 5.32 Å². The van der Waals surface area contributed by atoms with Gasteiger partial charge in [-0.05, 0) is 60.7 Å². The van der Waals surface area contributed by atoms with Crippen molar-refractivity contribution in [1.82, 2.24) is 0 Å². The lowest BCUT2D eigenvalue weighted by molar-refractivity contribution is 0.0526. The average Bonchev–Trinajstić information content (AvgIpc) is 3.11. The van der Waals surface area contributed by atoms with Gasteiger partial charge in [-0.25, -0.2) is 4.79 Å². The molecule has 26 heavy (non-hydrogen) atoms. The molecule has 1 aliphatic carbocycles. The van der Waals surface area contributed by atoms with Crippen LogP contribution in [0.3, 0.4) is 0 Å². The number of rotatable bonds is 3. The van der Waals surface area contributed by atoms with E-state index in [2.05, 4.69) is 17.5 Å². The van der Waals surface area contributed by atoms with Crippen LogP contribution in [0, 0.1) is 5.92 Å². The van der Waals surface area contributed by atoms with Crippen LogP contribution in [0.4, 0.5) is 5.69 Å². The average molecular weight is 388 g/mol. The van der Waals surface area contributed by atoms with Gasteiger partial charge in [-0.3, -0.25) is 0 Å². The molecule has 3 nitrogen and oxygen atoms in total. The minimum atomic E-state index is -0.281. The van der Waals surface area contributed by atoms with Gasteiger partial charge in [-0.2, -0.15) is 0 Å². The molecule has 5 heteroatoms. The second kappa shape index (κ2) is 6.98. The largest absolute Gasteiger partial charge is 0.462 e. The summed E-state index contributed by atoms with van der Waals surface area (Å²) in [6, 6.07) is 11.5. The highest BCUT2D eigenvalue weighted by Crippen LogP contribution is 2.51. The molecule has 0 aromatic heterocycles. The lowest BCUT2D eigenvalue weighted by Gasteiger charge is -2.38. The topological polar surface area (TPSA) is 38.3 Å². The molecule has 2 aliphatic rings. The van der Waals surface area contributed by atoms with Crippen LogP contribution in [0.15, 0.2) is 48.6 Å². The first-order chi connectivity index (χ1) is 12.6. The predicted molar refractivity (Wildman–Crippen MR) is 105 cm³/mol. The van der Waals surface area contributed by atoms with Gasteiger partial charge in [-0.15, -0.1) is 0 Å². The molecule has 4 rings (SSSR count). The van der Waals surface area contributed by atoms with E-state index >= 15 is 0 Å². The van der Waals surface area contributed by atoms with Gasteiger partial charge in [0.1, 0.15) is 0 Å². The van der Waals surface area contributed by atoms with Gasteiger partial charge in [0, 0.05) is 21.7 Å². The van der Waals surface area contributed by atoms with Gasteiger partial charge in [-0.1, -0.05) is 41.4 Å². The van der Waals surface area contributed by atoms with E-state index in [1.54, 1.807) is 6.07 Å². The van der Waals surface area contributed by atoms with Gasteiger partial charge in [0.05, 0.1) is 18.2 Å². The van der Waals surface area contributed by atoms with E-state index in [0.29, 0.717) is 28.1 Å². The molecular formula is C21H19Cl2NO2. The molecule has 0 saturated carbocycles. The van der Waals surface area contributed by atoms with Gasteiger partial charge >= 0.3 is 5.97 Å². The first kappa shape index (κ1) is 17.4. The minimum Gasteiger partial charge on any atom is -0.462 e. The normalized spacial score (nSPS) is 23.1. The molecule has 0 fully saturated rings. The zero-order valence-electron chi connectivity index (χ0n) is 14.3. The minimum absolute atomic E-state index is 0.0979. The Balaban J connectivity index is 1.73. The van der Waals surface area contributed by atoms with Crippen molar-refractivity contribution in [1.29, 1.82) is 0 Å². The second-order valence-corrected chi connectivity index (χ2v) is 7.51. The third-order valence-corrected chi connectivity index (χ3v) is 5.73. The summed E-state index contributed by atoms with van der Waals surface area (Å²) in [6.45, 7) is 2.19. The van der Waals surface area contributed by atoms with Gasteiger partial charge in [0.2, 0.25) is 0 Å². The SMILES string of the molecule is CCOC(=O)c1ccc2c(c1)C1C=CCC1C(c1ccc(Cl)cc1Cl)N2. The Morgan fingerprint density at radius 1 is 1.19 bits per heavy atom. The Morgan fingerprint density at radius 3 is 2.81 bits per heavy atom. The van der Waals surface area contributed by atoms with Crippen molar-refractivity contribution in [2.24, 2.45) is 5.92 Å². The molecule has 0 bridgehead atoms. The molecule has 3 atom stereocenters. The van der Waals surface area contributed by atoms with Gasteiger partial charge < -0.3 is 10.1 Å². The highest BCUT2D eigenvalue weighted by molar-refractivity contribution is 6.35. The highest BCUT2D eigenvalue weighted by Gasteiger charge is 2.38. The monoisotopic (exact) mass is 387 g/mol. The van der Waals surface area contributed by atoms with Crippen molar-refractivity contribution in [3.05, 3.63) is 75.3 Å². The summed E-state index contributed by atoms with van der Waals surface area (Å²) in [7, 11) is 0. The number of benzene rings is 2. The van der Waals surface area contributed by atoms with E-state index in [4.69, 9.17) is 27.9 Å². The maximum atomic E-state index is 12.1. The lowest BCUT2D eigenvalue weighted by Crippen LogP contribution is -2.29. The summed E-state index contributed by atoms with van der Waals surface area (Å²) in [5.74, 6) is 0.313. The Bertz CT molecular complexity index is 894. The molecule has 0 spiro atoms. The fourth-order valence-corrected chi connectivity index (χ4v) is 4.52. The smallest absolute Gasteiger partial charge is 0.338 e. The molecule has 2 aromatic carbocycles. The van der Waals surface area contributed by atoms with Crippen molar-refractivity contribution in [2.45, 2.75) is 25.3 Å². The summed E-state index contributed by atoms with van der Waals surface area (Å²) in [4.78, 5) is 12.1. The molecule has 1 heterocycles. The third-order valence-electron chi connectivity index (χ3n) is 5.17. The van der Waals surface area contributed by atoms with Crippen molar-refractivity contribution in [3.8, 4) is 0 Å². The van der Waals surface area contributed by atoms with E-state index in [1.807, 2.05) is 37.3 Å². The zero-order valence-corrected chi connectivity index (χ0v) is 15.8. The maximum absolute atomic E-state index is 12.1. The number of carbonyl (C=O) groups is 1. The fraction of sp³-hybridized carbons (Fsp3) is 0.286. The highest BCUT2D eigenvalue weighted by atomic mass is 35.5. The number of nitrogens with one attached hydrogen (secondary N) is 1. The van der Waals surface area contributed by atoms with Crippen molar-refractivity contribution >= 4 is 34.9 Å². The third kappa shape index (κ3) is 3.00. The van der Waals surface area contributed by atoms with Crippen LogP contribution in [-0.4, -0.2) is 12.6 Å². The Morgan fingerprint density at radius 2 is 2.04 bits per heavy atom. The van der Waals surface area contributed by atoms with E-state index in [1.165, 1.54) is 0 Å². The zero-order chi connectivity index (χ0) is 18.3. The van der Waals surface area contributed by atoms with E-state index in [-0.39, 0.29) is 17.9 Å². The molecule has 1 N–H and O–H groups in total. The van der Waals surface area contributed by atoms with Crippen LogP contribution in [0.2, 0.25) is 10.0 Å². The fourth-order valence-electron chi connectivity index (χ4n) is 4.00. The summed E-state index contributed by atoms with van der Waals surface area (Å²) in [5.41, 5.74) is 3.81.